The number of ether oxygens (including phenoxy) is 2. The number of benzene rings is 2. The number of nitrogens with zero attached hydrogens (tertiary/aromatic N) is 3. The fraction of sp³-hybridized carbons (Fsp3) is 0.136. The van der Waals surface area contributed by atoms with Crippen LogP contribution >= 0.6 is 11.3 Å². The third kappa shape index (κ3) is 4.20. The van der Waals surface area contributed by atoms with Crippen molar-refractivity contribution in [2.45, 2.75) is 6.92 Å². The summed E-state index contributed by atoms with van der Waals surface area (Å²) in [6.45, 7) is 1.99. The van der Waals surface area contributed by atoms with Crippen LogP contribution < -0.4 is 9.47 Å². The van der Waals surface area contributed by atoms with Crippen LogP contribution in [0.25, 0.3) is 34.8 Å². The Kier molecular flexibility index (Phi) is 5.39. The number of rotatable bonds is 6. The lowest BCUT2D eigenvalue weighted by atomic mass is 10.1. The molecule has 6 nitrogen and oxygen atoms in total. The van der Waals surface area contributed by atoms with Gasteiger partial charge in [-0.05, 0) is 36.8 Å². The first-order chi connectivity index (χ1) is 14.2. The highest BCUT2D eigenvalue weighted by Crippen LogP contribution is 2.29. The maximum absolute atomic E-state index is 5.37. The molecule has 0 amide bonds. The van der Waals surface area contributed by atoms with Crippen LogP contribution in [0.3, 0.4) is 0 Å². The van der Waals surface area contributed by atoms with E-state index in [1.165, 1.54) is 0 Å². The van der Waals surface area contributed by atoms with E-state index < -0.39 is 0 Å². The van der Waals surface area contributed by atoms with Gasteiger partial charge in [0.15, 0.2) is 11.5 Å². The first-order valence-corrected chi connectivity index (χ1v) is 9.81. The van der Waals surface area contributed by atoms with E-state index in [-0.39, 0.29) is 0 Å². The van der Waals surface area contributed by atoms with Crippen molar-refractivity contribution >= 4 is 23.5 Å². The maximum atomic E-state index is 5.37. The van der Waals surface area contributed by atoms with Crippen LogP contribution in [-0.2, 0) is 0 Å². The van der Waals surface area contributed by atoms with Crippen LogP contribution in [0.5, 0.6) is 11.5 Å². The zero-order chi connectivity index (χ0) is 20.2. The predicted molar refractivity (Wildman–Crippen MR) is 114 cm³/mol. The zero-order valence-electron chi connectivity index (χ0n) is 16.2. The van der Waals surface area contributed by atoms with E-state index in [2.05, 4.69) is 15.1 Å². The summed E-state index contributed by atoms with van der Waals surface area (Å²) < 4.78 is 16.0. The average molecular weight is 405 g/mol. The molecular formula is C22H19N3O3S. The maximum Gasteiger partial charge on any atom is 0.250 e. The molecule has 0 bridgehead atoms. The van der Waals surface area contributed by atoms with Crippen molar-refractivity contribution < 1.29 is 14.0 Å². The first kappa shape index (κ1) is 18.9. The van der Waals surface area contributed by atoms with Crippen LogP contribution in [0.15, 0.2) is 52.4 Å². The Morgan fingerprint density at radius 1 is 0.931 bits per heavy atom. The number of aryl methyl sites for hydroxylation is 1. The topological polar surface area (TPSA) is 70.3 Å². The van der Waals surface area contributed by atoms with Crippen molar-refractivity contribution in [1.82, 2.24) is 15.1 Å². The molecule has 0 atom stereocenters. The van der Waals surface area contributed by atoms with E-state index in [1.54, 1.807) is 31.6 Å². The van der Waals surface area contributed by atoms with E-state index in [9.17, 15) is 0 Å². The molecule has 7 heteroatoms. The Labute approximate surface area is 172 Å². The Balaban J connectivity index is 1.55. The summed E-state index contributed by atoms with van der Waals surface area (Å²) in [5.74, 6) is 2.30. The fourth-order valence-corrected chi connectivity index (χ4v) is 3.48. The minimum Gasteiger partial charge on any atom is -0.493 e. The molecule has 146 valence electrons. The molecule has 0 unspecified atom stereocenters. The largest absolute Gasteiger partial charge is 0.493 e. The molecule has 2 aromatic carbocycles. The lowest BCUT2D eigenvalue weighted by Crippen LogP contribution is -1.90. The number of hydrogen-bond donors (Lipinski definition) is 0. The third-order valence-electron chi connectivity index (χ3n) is 4.30. The number of thiazole rings is 1. The fourth-order valence-electron chi connectivity index (χ4n) is 2.86. The summed E-state index contributed by atoms with van der Waals surface area (Å²) in [7, 11) is 3.22. The summed E-state index contributed by atoms with van der Waals surface area (Å²) >= 11 is 1.63. The Bertz CT molecular complexity index is 1160. The van der Waals surface area contributed by atoms with Gasteiger partial charge in [-0.2, -0.15) is 4.98 Å². The molecule has 0 saturated heterocycles. The normalized spacial score (nSPS) is 11.1. The first-order valence-electron chi connectivity index (χ1n) is 8.93. The number of hydrogen-bond acceptors (Lipinski definition) is 7. The smallest absolute Gasteiger partial charge is 0.250 e. The average Bonchev–Trinajstić information content (AvgIpc) is 3.41. The molecule has 2 heterocycles. The van der Waals surface area contributed by atoms with Crippen LogP contribution in [0.2, 0.25) is 0 Å². The molecule has 2 aromatic heterocycles. The second-order valence-corrected chi connectivity index (χ2v) is 7.30. The quantitative estimate of drug-likeness (QED) is 0.430. The predicted octanol–water partition coefficient (Wildman–Crippen LogP) is 5.36. The second kappa shape index (κ2) is 8.28. The minimum absolute atomic E-state index is 0.421. The van der Waals surface area contributed by atoms with Gasteiger partial charge >= 0.3 is 0 Å². The standard InChI is InChI=1S/C22H19N3O3S/c1-14-23-18(13-29-14)16-5-4-6-17(12-16)22-24-21(28-25-22)10-8-15-7-9-19(26-2)20(11-15)27-3/h4-13H,1-3H3. The van der Waals surface area contributed by atoms with Crippen molar-refractivity contribution in [2.75, 3.05) is 14.2 Å². The van der Waals surface area contributed by atoms with E-state index in [4.69, 9.17) is 14.0 Å². The molecule has 0 aliphatic carbocycles. The van der Waals surface area contributed by atoms with Gasteiger partial charge in [-0.15, -0.1) is 11.3 Å². The molecule has 0 aliphatic rings. The number of aromatic nitrogens is 3. The SMILES string of the molecule is COc1ccc(C=Cc2nc(-c3cccc(-c4csc(C)n4)c3)no2)cc1OC. The van der Waals surface area contributed by atoms with Gasteiger partial charge in [0.2, 0.25) is 5.82 Å². The molecular weight excluding hydrogens is 386 g/mol. The van der Waals surface area contributed by atoms with Crippen LogP contribution in [0.1, 0.15) is 16.5 Å². The van der Waals surface area contributed by atoms with Crippen molar-refractivity contribution in [3.8, 4) is 34.1 Å². The van der Waals surface area contributed by atoms with Gasteiger partial charge in [-0.25, -0.2) is 4.98 Å². The lowest BCUT2D eigenvalue weighted by molar-refractivity contribution is 0.355. The summed E-state index contributed by atoms with van der Waals surface area (Å²) in [5, 5.41) is 7.18. The molecule has 0 aliphatic heterocycles. The molecule has 4 aromatic rings. The van der Waals surface area contributed by atoms with E-state index in [1.807, 2.05) is 60.8 Å². The Morgan fingerprint density at radius 2 is 1.76 bits per heavy atom. The lowest BCUT2D eigenvalue weighted by Gasteiger charge is -2.07. The summed E-state index contributed by atoms with van der Waals surface area (Å²) in [6, 6.07) is 13.6. The molecule has 0 N–H and O–H groups in total. The molecule has 0 radical (unpaired) electrons. The van der Waals surface area contributed by atoms with Gasteiger partial charge < -0.3 is 14.0 Å². The van der Waals surface area contributed by atoms with E-state index in [0.717, 1.165) is 27.4 Å². The highest BCUT2D eigenvalue weighted by molar-refractivity contribution is 7.09. The zero-order valence-corrected chi connectivity index (χ0v) is 17.1. The highest BCUT2D eigenvalue weighted by Gasteiger charge is 2.10. The molecule has 0 saturated carbocycles. The van der Waals surface area contributed by atoms with Crippen molar-refractivity contribution in [3.05, 3.63) is 64.3 Å². The van der Waals surface area contributed by atoms with Gasteiger partial charge in [-0.1, -0.05) is 29.4 Å². The summed E-state index contributed by atoms with van der Waals surface area (Å²) in [5.41, 5.74) is 3.79. The van der Waals surface area contributed by atoms with Gasteiger partial charge in [0.05, 0.1) is 24.9 Å². The summed E-state index contributed by atoms with van der Waals surface area (Å²) in [6.07, 6.45) is 3.65. The van der Waals surface area contributed by atoms with Gasteiger partial charge in [0, 0.05) is 22.6 Å². The Hall–Kier alpha value is -3.45. The van der Waals surface area contributed by atoms with Crippen molar-refractivity contribution in [3.63, 3.8) is 0 Å². The van der Waals surface area contributed by atoms with E-state index >= 15 is 0 Å². The van der Waals surface area contributed by atoms with Crippen LogP contribution in [0.4, 0.5) is 0 Å². The molecule has 0 fully saturated rings. The highest BCUT2D eigenvalue weighted by atomic mass is 32.1. The van der Waals surface area contributed by atoms with Gasteiger partial charge in [0.25, 0.3) is 5.89 Å². The monoisotopic (exact) mass is 405 g/mol. The van der Waals surface area contributed by atoms with Crippen LogP contribution in [-0.4, -0.2) is 29.3 Å². The molecule has 4 rings (SSSR count). The second-order valence-electron chi connectivity index (χ2n) is 6.24. The number of methoxy groups -OCH3 is 2. The molecule has 29 heavy (non-hydrogen) atoms. The van der Waals surface area contributed by atoms with Crippen molar-refractivity contribution in [2.24, 2.45) is 0 Å². The van der Waals surface area contributed by atoms with Gasteiger partial charge in [0.1, 0.15) is 0 Å². The Morgan fingerprint density at radius 3 is 2.52 bits per heavy atom. The van der Waals surface area contributed by atoms with Gasteiger partial charge in [-0.3, -0.25) is 0 Å². The van der Waals surface area contributed by atoms with Crippen molar-refractivity contribution in [1.29, 1.82) is 0 Å². The minimum atomic E-state index is 0.421. The summed E-state index contributed by atoms with van der Waals surface area (Å²) in [4.78, 5) is 9.01. The van der Waals surface area contributed by atoms with E-state index in [0.29, 0.717) is 23.2 Å². The molecule has 0 spiro atoms. The third-order valence-corrected chi connectivity index (χ3v) is 5.08. The van der Waals surface area contributed by atoms with Crippen LogP contribution in [0, 0.1) is 6.92 Å².